The van der Waals surface area contributed by atoms with Gasteiger partial charge in [-0.15, -0.1) is 0 Å². The second-order valence-electron chi connectivity index (χ2n) is 9.06. The number of carbonyl (C=O) groups is 2. The van der Waals surface area contributed by atoms with Crippen molar-refractivity contribution in [2.45, 2.75) is 38.8 Å². The predicted octanol–water partition coefficient (Wildman–Crippen LogP) is 3.66. The Balaban J connectivity index is 2.06. The number of hydrogen-bond acceptors (Lipinski definition) is 4. The highest BCUT2D eigenvalue weighted by Gasteiger charge is 2.66. The first kappa shape index (κ1) is 19.9. The van der Waals surface area contributed by atoms with E-state index in [0.717, 1.165) is 16.8 Å². The van der Waals surface area contributed by atoms with Crippen LogP contribution in [0.15, 0.2) is 60.7 Å². The molecule has 1 amide bonds. The van der Waals surface area contributed by atoms with Crippen molar-refractivity contribution >= 4 is 23.5 Å². The van der Waals surface area contributed by atoms with Crippen LogP contribution in [-0.4, -0.2) is 23.8 Å². The van der Waals surface area contributed by atoms with Gasteiger partial charge in [-0.3, -0.25) is 9.59 Å². The molecule has 2 N–H and O–H groups in total. The molecule has 2 aromatic rings. The second kappa shape index (κ2) is 6.84. The van der Waals surface area contributed by atoms with E-state index >= 15 is 0 Å². The maximum absolute atomic E-state index is 13.8. The molecule has 0 aromatic heterocycles. The van der Waals surface area contributed by atoms with E-state index in [1.165, 1.54) is 0 Å². The first-order chi connectivity index (χ1) is 14.2. The molecule has 0 spiro atoms. The lowest BCUT2D eigenvalue weighted by Crippen LogP contribution is -2.49. The summed E-state index contributed by atoms with van der Waals surface area (Å²) in [7, 11) is 0. The maximum atomic E-state index is 13.8. The standard InChI is InChI=1S/C25H25N3O2/c1-24(2,3)22(29)21-20(17-10-5-4-6-11-17)25(15-26,23(27)30)19-14-13-16-9-7-8-12-18(16)28(19)21/h4-14,19-21H,1-3H3,(H2,27,30)/t19-,20-,21-,25-/m0/s1. The lowest BCUT2D eigenvalue weighted by molar-refractivity contribution is -0.128. The first-order valence-corrected chi connectivity index (χ1v) is 10.1. The number of rotatable bonds is 3. The third-order valence-electron chi connectivity index (χ3n) is 6.30. The number of nitrogens with two attached hydrogens (primary N) is 1. The minimum absolute atomic E-state index is 0.0233. The molecule has 2 aromatic carbocycles. The van der Waals surface area contributed by atoms with E-state index in [1.54, 1.807) is 0 Å². The largest absolute Gasteiger partial charge is 0.368 e. The van der Waals surface area contributed by atoms with Gasteiger partial charge in [0.05, 0.1) is 18.2 Å². The number of ketones is 1. The summed E-state index contributed by atoms with van der Waals surface area (Å²) in [6.45, 7) is 5.61. The Labute approximate surface area is 176 Å². The van der Waals surface area contributed by atoms with Gasteiger partial charge in [-0.2, -0.15) is 5.26 Å². The van der Waals surface area contributed by atoms with Crippen molar-refractivity contribution in [2.75, 3.05) is 4.90 Å². The summed E-state index contributed by atoms with van der Waals surface area (Å²) in [5, 5.41) is 10.4. The molecule has 2 aliphatic rings. The molecule has 0 aliphatic carbocycles. The van der Waals surface area contributed by atoms with Crippen LogP contribution in [0.5, 0.6) is 0 Å². The van der Waals surface area contributed by atoms with Crippen molar-refractivity contribution in [1.29, 1.82) is 5.26 Å². The molecule has 0 saturated carbocycles. The molecule has 1 saturated heterocycles. The van der Waals surface area contributed by atoms with Gasteiger partial charge in [-0.25, -0.2) is 0 Å². The molecule has 2 heterocycles. The molecule has 5 heteroatoms. The third kappa shape index (κ3) is 2.68. The number of amides is 1. The molecule has 1 fully saturated rings. The van der Waals surface area contributed by atoms with Crippen molar-refractivity contribution in [3.63, 3.8) is 0 Å². The summed E-state index contributed by atoms with van der Waals surface area (Å²) >= 11 is 0. The van der Waals surface area contributed by atoms with Gasteiger partial charge in [0.2, 0.25) is 5.91 Å². The van der Waals surface area contributed by atoms with E-state index in [9.17, 15) is 14.9 Å². The average molecular weight is 399 g/mol. The van der Waals surface area contributed by atoms with Gasteiger partial charge >= 0.3 is 0 Å². The SMILES string of the molecule is CC(C)(C)C(=O)[C@@H]1[C@H](c2ccccc2)[C@@](C#N)(C(N)=O)[C@@H]2C=Cc3ccccc3N12. The monoisotopic (exact) mass is 399 g/mol. The van der Waals surface area contributed by atoms with Crippen LogP contribution in [0.2, 0.25) is 0 Å². The average Bonchev–Trinajstić information content (AvgIpc) is 3.04. The van der Waals surface area contributed by atoms with Gasteiger partial charge in [0, 0.05) is 17.0 Å². The number of nitriles is 1. The van der Waals surface area contributed by atoms with Crippen LogP contribution in [-0.2, 0) is 9.59 Å². The fraction of sp³-hybridized carbons (Fsp3) is 0.320. The lowest BCUT2D eigenvalue weighted by Gasteiger charge is -2.37. The van der Waals surface area contributed by atoms with Crippen molar-refractivity contribution in [2.24, 2.45) is 16.6 Å². The Morgan fingerprint density at radius 2 is 1.70 bits per heavy atom. The Kier molecular flexibility index (Phi) is 4.54. The summed E-state index contributed by atoms with van der Waals surface area (Å²) in [5.41, 5.74) is 6.25. The van der Waals surface area contributed by atoms with E-state index in [1.807, 2.05) is 92.4 Å². The van der Waals surface area contributed by atoms with Crippen molar-refractivity contribution < 1.29 is 9.59 Å². The van der Waals surface area contributed by atoms with Gasteiger partial charge in [0.15, 0.2) is 11.2 Å². The number of carbonyl (C=O) groups excluding carboxylic acids is 2. The van der Waals surface area contributed by atoms with Crippen LogP contribution >= 0.6 is 0 Å². The van der Waals surface area contributed by atoms with Crippen LogP contribution in [0.3, 0.4) is 0 Å². The molecule has 4 rings (SSSR count). The van der Waals surface area contributed by atoms with E-state index in [0.29, 0.717) is 0 Å². The smallest absolute Gasteiger partial charge is 0.241 e. The highest BCUT2D eigenvalue weighted by atomic mass is 16.1. The Morgan fingerprint density at radius 3 is 2.30 bits per heavy atom. The van der Waals surface area contributed by atoms with E-state index in [2.05, 4.69) is 6.07 Å². The van der Waals surface area contributed by atoms with Crippen LogP contribution in [0.25, 0.3) is 6.08 Å². The van der Waals surface area contributed by atoms with Crippen molar-refractivity contribution in [1.82, 2.24) is 0 Å². The summed E-state index contributed by atoms with van der Waals surface area (Å²) < 4.78 is 0. The molecule has 5 nitrogen and oxygen atoms in total. The van der Waals surface area contributed by atoms with E-state index < -0.39 is 34.7 Å². The highest BCUT2D eigenvalue weighted by Crippen LogP contribution is 2.56. The Bertz CT molecular complexity index is 1080. The van der Waals surface area contributed by atoms with Crippen molar-refractivity contribution in [3.05, 3.63) is 71.8 Å². The normalized spacial score (nSPS) is 27.1. The zero-order valence-electron chi connectivity index (χ0n) is 17.4. The quantitative estimate of drug-likeness (QED) is 0.853. The van der Waals surface area contributed by atoms with Gasteiger partial charge < -0.3 is 10.6 Å². The van der Waals surface area contributed by atoms with Crippen LogP contribution in [0, 0.1) is 22.2 Å². The van der Waals surface area contributed by atoms with Crippen LogP contribution < -0.4 is 10.6 Å². The zero-order chi connectivity index (χ0) is 21.7. The first-order valence-electron chi connectivity index (χ1n) is 10.1. The number of hydrogen-bond donors (Lipinski definition) is 1. The van der Waals surface area contributed by atoms with Gasteiger partial charge in [-0.05, 0) is 17.2 Å². The van der Waals surface area contributed by atoms with Crippen LogP contribution in [0.4, 0.5) is 5.69 Å². The molecular weight excluding hydrogens is 374 g/mol. The molecule has 30 heavy (non-hydrogen) atoms. The van der Waals surface area contributed by atoms with Crippen LogP contribution in [0.1, 0.15) is 37.8 Å². The zero-order valence-corrected chi connectivity index (χ0v) is 17.4. The second-order valence-corrected chi connectivity index (χ2v) is 9.06. The topological polar surface area (TPSA) is 87.2 Å². The van der Waals surface area contributed by atoms with E-state index in [-0.39, 0.29) is 5.78 Å². The molecule has 0 unspecified atom stereocenters. The molecule has 0 bridgehead atoms. The third-order valence-corrected chi connectivity index (χ3v) is 6.30. The summed E-state index contributed by atoms with van der Waals surface area (Å²) in [6.07, 6.45) is 3.76. The minimum atomic E-state index is -1.57. The molecule has 2 aliphatic heterocycles. The molecular formula is C25H25N3O2. The number of para-hydroxylation sites is 1. The van der Waals surface area contributed by atoms with E-state index in [4.69, 9.17) is 5.73 Å². The fourth-order valence-electron chi connectivity index (χ4n) is 4.91. The minimum Gasteiger partial charge on any atom is -0.368 e. The number of benzene rings is 2. The number of anilines is 1. The molecule has 152 valence electrons. The summed E-state index contributed by atoms with van der Waals surface area (Å²) in [6, 6.07) is 18.0. The van der Waals surface area contributed by atoms with Gasteiger partial charge in [0.25, 0.3) is 0 Å². The number of Topliss-reactive ketones (excluding diaryl/α,β-unsaturated/α-hetero) is 1. The predicted molar refractivity (Wildman–Crippen MR) is 116 cm³/mol. The highest BCUT2D eigenvalue weighted by molar-refractivity contribution is 6.00. The number of nitrogens with zero attached hydrogens (tertiary/aromatic N) is 2. The lowest BCUT2D eigenvalue weighted by atomic mass is 9.66. The number of primary amides is 1. The summed E-state index contributed by atoms with van der Waals surface area (Å²) in [4.78, 5) is 28.7. The van der Waals surface area contributed by atoms with Gasteiger partial charge in [-0.1, -0.05) is 81.5 Å². The van der Waals surface area contributed by atoms with Crippen molar-refractivity contribution in [3.8, 4) is 6.07 Å². The maximum Gasteiger partial charge on any atom is 0.241 e. The van der Waals surface area contributed by atoms with Gasteiger partial charge in [0.1, 0.15) is 0 Å². The Hall–Kier alpha value is -3.39. The number of fused-ring (bicyclic) bond motifs is 3. The summed E-state index contributed by atoms with van der Waals surface area (Å²) in [5.74, 6) is -1.42. The molecule has 0 radical (unpaired) electrons. The fourth-order valence-corrected chi connectivity index (χ4v) is 4.91. The molecule has 4 atom stereocenters. The Morgan fingerprint density at radius 1 is 1.07 bits per heavy atom.